The van der Waals surface area contributed by atoms with Gasteiger partial charge in [-0.1, -0.05) is 12.1 Å². The molecule has 27 heavy (non-hydrogen) atoms. The molecule has 2 heterocycles. The van der Waals surface area contributed by atoms with Crippen LogP contribution in [-0.4, -0.2) is 39.4 Å². The lowest BCUT2D eigenvalue weighted by Crippen LogP contribution is -2.29. The van der Waals surface area contributed by atoms with Gasteiger partial charge in [-0.25, -0.2) is 9.97 Å². The third-order valence-electron chi connectivity index (χ3n) is 4.41. The predicted molar refractivity (Wildman–Crippen MR) is 103 cm³/mol. The lowest BCUT2D eigenvalue weighted by Gasteiger charge is -2.25. The van der Waals surface area contributed by atoms with Crippen molar-refractivity contribution >= 4 is 5.91 Å². The number of carbonyl (C=O) groups is 1. The molecule has 3 aromatic rings. The van der Waals surface area contributed by atoms with Crippen LogP contribution in [0.1, 0.15) is 35.8 Å². The van der Waals surface area contributed by atoms with E-state index in [1.54, 1.807) is 36.7 Å². The van der Waals surface area contributed by atoms with Crippen molar-refractivity contribution in [2.75, 3.05) is 13.7 Å². The molecule has 6 nitrogen and oxygen atoms in total. The molecule has 1 amide bonds. The van der Waals surface area contributed by atoms with Gasteiger partial charge in [0.25, 0.3) is 5.91 Å². The van der Waals surface area contributed by atoms with E-state index < -0.39 is 0 Å². The smallest absolute Gasteiger partial charge is 0.257 e. The minimum absolute atomic E-state index is 0.0898. The lowest BCUT2D eigenvalue weighted by molar-refractivity contribution is 0.0742. The van der Waals surface area contributed by atoms with Crippen molar-refractivity contribution in [3.63, 3.8) is 0 Å². The maximum Gasteiger partial charge on any atom is 0.257 e. The fourth-order valence-corrected chi connectivity index (χ4v) is 2.70. The molecule has 1 aromatic carbocycles. The summed E-state index contributed by atoms with van der Waals surface area (Å²) in [6.07, 6.45) is 6.49. The first-order chi connectivity index (χ1) is 13.1. The number of nitrogens with zero attached hydrogens (tertiary/aromatic N) is 4. The highest BCUT2D eigenvalue weighted by Crippen LogP contribution is 2.23. The average Bonchev–Trinajstić information content (AvgIpc) is 2.74. The second-order valence-electron chi connectivity index (χ2n) is 6.13. The molecular formula is C21H22N4O2. The Kier molecular flexibility index (Phi) is 5.76. The Labute approximate surface area is 158 Å². The molecule has 1 atom stereocenters. The van der Waals surface area contributed by atoms with Gasteiger partial charge in [0.2, 0.25) is 0 Å². The van der Waals surface area contributed by atoms with Crippen LogP contribution in [0.25, 0.3) is 11.4 Å². The third kappa shape index (κ3) is 4.28. The zero-order valence-corrected chi connectivity index (χ0v) is 15.7. The van der Waals surface area contributed by atoms with E-state index in [4.69, 9.17) is 4.74 Å². The first kappa shape index (κ1) is 18.5. The minimum atomic E-state index is -0.127. The second-order valence-corrected chi connectivity index (χ2v) is 6.13. The number of aromatic nitrogens is 3. The molecule has 0 bridgehead atoms. The third-order valence-corrected chi connectivity index (χ3v) is 4.41. The van der Waals surface area contributed by atoms with Gasteiger partial charge in [-0.2, -0.15) is 0 Å². The monoisotopic (exact) mass is 362 g/mol. The number of hydrogen-bond acceptors (Lipinski definition) is 5. The fourth-order valence-electron chi connectivity index (χ4n) is 2.70. The number of carbonyl (C=O) groups excluding carboxylic acids is 1. The van der Waals surface area contributed by atoms with Crippen molar-refractivity contribution in [3.8, 4) is 17.1 Å². The van der Waals surface area contributed by atoms with Crippen LogP contribution in [0.3, 0.4) is 0 Å². The van der Waals surface area contributed by atoms with Crippen LogP contribution in [-0.2, 0) is 0 Å². The zero-order valence-electron chi connectivity index (χ0n) is 15.7. The van der Waals surface area contributed by atoms with Gasteiger partial charge < -0.3 is 9.64 Å². The number of pyridine rings is 1. The van der Waals surface area contributed by atoms with Crippen molar-refractivity contribution in [1.29, 1.82) is 0 Å². The van der Waals surface area contributed by atoms with Gasteiger partial charge in [-0.3, -0.25) is 9.78 Å². The molecule has 0 spiro atoms. The Hall–Kier alpha value is -3.28. The molecule has 0 radical (unpaired) electrons. The molecule has 0 saturated carbocycles. The fraction of sp³-hybridized carbons (Fsp3) is 0.238. The Balaban J connectivity index is 1.72. The molecular weight excluding hydrogens is 340 g/mol. The van der Waals surface area contributed by atoms with Crippen LogP contribution in [0.5, 0.6) is 5.75 Å². The summed E-state index contributed by atoms with van der Waals surface area (Å²) in [6.45, 7) is 4.56. The topological polar surface area (TPSA) is 68.2 Å². The van der Waals surface area contributed by atoms with E-state index in [2.05, 4.69) is 15.0 Å². The van der Waals surface area contributed by atoms with Crippen LogP contribution in [0.15, 0.2) is 61.2 Å². The van der Waals surface area contributed by atoms with Gasteiger partial charge in [0.15, 0.2) is 5.82 Å². The molecule has 0 fully saturated rings. The van der Waals surface area contributed by atoms with Crippen LogP contribution >= 0.6 is 0 Å². The number of hydrogen-bond donors (Lipinski definition) is 0. The Morgan fingerprint density at radius 3 is 2.30 bits per heavy atom. The van der Waals surface area contributed by atoms with Crippen LogP contribution in [0, 0.1) is 0 Å². The van der Waals surface area contributed by atoms with E-state index in [0.717, 1.165) is 16.9 Å². The molecule has 0 aliphatic heterocycles. The Morgan fingerprint density at radius 1 is 1.07 bits per heavy atom. The van der Waals surface area contributed by atoms with Gasteiger partial charge in [-0.05, 0) is 43.7 Å². The molecule has 3 rings (SSSR count). The molecule has 0 aliphatic rings. The van der Waals surface area contributed by atoms with E-state index in [0.29, 0.717) is 18.0 Å². The quantitative estimate of drug-likeness (QED) is 0.668. The summed E-state index contributed by atoms with van der Waals surface area (Å²) >= 11 is 0. The lowest BCUT2D eigenvalue weighted by atomic mass is 10.1. The van der Waals surface area contributed by atoms with Crippen molar-refractivity contribution in [1.82, 2.24) is 19.9 Å². The van der Waals surface area contributed by atoms with E-state index >= 15 is 0 Å². The summed E-state index contributed by atoms with van der Waals surface area (Å²) < 4.78 is 5.46. The zero-order chi connectivity index (χ0) is 19.2. The van der Waals surface area contributed by atoms with Crippen LogP contribution in [0.2, 0.25) is 0 Å². The largest absolute Gasteiger partial charge is 0.494 e. The first-order valence-electron chi connectivity index (χ1n) is 8.82. The summed E-state index contributed by atoms with van der Waals surface area (Å²) in [7, 11) is 1.78. The molecule has 0 N–H and O–H groups in total. The second kappa shape index (κ2) is 8.40. The highest BCUT2D eigenvalue weighted by atomic mass is 16.5. The Bertz CT molecular complexity index is 880. The summed E-state index contributed by atoms with van der Waals surface area (Å²) in [6, 6.07) is 11.4. The standard InChI is InChI=1S/C21H22N4O2/c1-4-27-19-7-5-16(6-8-19)15(2)25(3)21(26)18-13-23-20(24-14-18)17-9-11-22-12-10-17/h5-15H,4H2,1-3H3. The number of benzene rings is 1. The van der Waals surface area contributed by atoms with E-state index in [1.807, 2.05) is 50.2 Å². The van der Waals surface area contributed by atoms with Gasteiger partial charge in [0, 0.05) is 37.4 Å². The van der Waals surface area contributed by atoms with E-state index in [-0.39, 0.29) is 11.9 Å². The van der Waals surface area contributed by atoms with Crippen molar-refractivity contribution < 1.29 is 9.53 Å². The van der Waals surface area contributed by atoms with Crippen LogP contribution < -0.4 is 4.74 Å². The van der Waals surface area contributed by atoms with Crippen molar-refractivity contribution in [2.45, 2.75) is 19.9 Å². The first-order valence-corrected chi connectivity index (χ1v) is 8.82. The maximum absolute atomic E-state index is 12.8. The normalized spacial score (nSPS) is 11.7. The van der Waals surface area contributed by atoms with Crippen molar-refractivity contribution in [2.24, 2.45) is 0 Å². The summed E-state index contributed by atoms with van der Waals surface area (Å²) in [5, 5.41) is 0. The molecule has 2 aromatic heterocycles. The molecule has 6 heteroatoms. The highest BCUT2D eigenvalue weighted by molar-refractivity contribution is 5.93. The molecule has 138 valence electrons. The Morgan fingerprint density at radius 2 is 1.70 bits per heavy atom. The summed E-state index contributed by atoms with van der Waals surface area (Å²) in [4.78, 5) is 27.1. The molecule has 0 saturated heterocycles. The number of amides is 1. The minimum Gasteiger partial charge on any atom is -0.494 e. The SMILES string of the molecule is CCOc1ccc(C(C)N(C)C(=O)c2cnc(-c3ccncc3)nc2)cc1. The van der Waals surface area contributed by atoms with Crippen LogP contribution in [0.4, 0.5) is 0 Å². The molecule has 0 aliphatic carbocycles. The maximum atomic E-state index is 12.8. The highest BCUT2D eigenvalue weighted by Gasteiger charge is 2.20. The average molecular weight is 362 g/mol. The van der Waals surface area contributed by atoms with Gasteiger partial charge in [0.05, 0.1) is 18.2 Å². The number of ether oxygens (including phenoxy) is 1. The molecule has 1 unspecified atom stereocenters. The predicted octanol–water partition coefficient (Wildman–Crippen LogP) is 3.77. The van der Waals surface area contributed by atoms with Gasteiger partial charge in [0.1, 0.15) is 5.75 Å². The number of rotatable bonds is 6. The van der Waals surface area contributed by atoms with E-state index in [1.165, 1.54) is 0 Å². The van der Waals surface area contributed by atoms with Crippen molar-refractivity contribution in [3.05, 3.63) is 72.3 Å². The summed E-state index contributed by atoms with van der Waals surface area (Å²) in [5.41, 5.74) is 2.34. The summed E-state index contributed by atoms with van der Waals surface area (Å²) in [5.74, 6) is 1.26. The van der Waals surface area contributed by atoms with Gasteiger partial charge >= 0.3 is 0 Å². The van der Waals surface area contributed by atoms with E-state index in [9.17, 15) is 4.79 Å². The van der Waals surface area contributed by atoms with Gasteiger partial charge in [-0.15, -0.1) is 0 Å².